The van der Waals surface area contributed by atoms with Crippen LogP contribution in [0.2, 0.25) is 0 Å². The first-order chi connectivity index (χ1) is 8.11. The summed E-state index contributed by atoms with van der Waals surface area (Å²) in [4.78, 5) is 11.3. The van der Waals surface area contributed by atoms with Crippen LogP contribution >= 0.6 is 0 Å². The molecule has 4 heteroatoms. The van der Waals surface area contributed by atoms with Crippen molar-refractivity contribution in [3.8, 4) is 5.69 Å². The second kappa shape index (κ2) is 4.41. The highest BCUT2D eigenvalue weighted by molar-refractivity contribution is 5.94. The van der Waals surface area contributed by atoms with Gasteiger partial charge in [-0.05, 0) is 18.1 Å². The third-order valence-corrected chi connectivity index (χ3v) is 2.62. The van der Waals surface area contributed by atoms with E-state index in [-0.39, 0.29) is 5.92 Å². The van der Waals surface area contributed by atoms with Crippen molar-refractivity contribution in [2.45, 2.75) is 19.8 Å². The van der Waals surface area contributed by atoms with Gasteiger partial charge in [0.2, 0.25) is 0 Å². The molecule has 0 aliphatic carbocycles. The largest absolute Gasteiger partial charge is 0.365 e. The summed E-state index contributed by atoms with van der Waals surface area (Å²) in [5.41, 5.74) is 7.63. The van der Waals surface area contributed by atoms with E-state index in [0.29, 0.717) is 5.56 Å². The van der Waals surface area contributed by atoms with Gasteiger partial charge in [-0.25, -0.2) is 4.68 Å². The van der Waals surface area contributed by atoms with Gasteiger partial charge in [0.25, 0.3) is 5.91 Å². The van der Waals surface area contributed by atoms with Crippen LogP contribution in [-0.4, -0.2) is 15.7 Å². The minimum Gasteiger partial charge on any atom is -0.365 e. The SMILES string of the molecule is CC(C)c1c(C(N)=O)cnn1-c1ccccc1. The Balaban J connectivity index is 2.60. The van der Waals surface area contributed by atoms with E-state index in [1.54, 1.807) is 4.68 Å². The van der Waals surface area contributed by atoms with E-state index in [1.165, 1.54) is 6.20 Å². The molecule has 0 saturated carbocycles. The molecule has 88 valence electrons. The Morgan fingerprint density at radius 1 is 1.29 bits per heavy atom. The van der Waals surface area contributed by atoms with Crippen molar-refractivity contribution in [2.75, 3.05) is 0 Å². The first-order valence-electron chi connectivity index (χ1n) is 5.54. The molecule has 0 spiro atoms. The van der Waals surface area contributed by atoms with Gasteiger partial charge in [-0.1, -0.05) is 32.0 Å². The number of nitrogens with two attached hydrogens (primary N) is 1. The summed E-state index contributed by atoms with van der Waals surface area (Å²) in [6.45, 7) is 4.03. The second-order valence-electron chi connectivity index (χ2n) is 4.21. The highest BCUT2D eigenvalue weighted by Gasteiger charge is 2.18. The van der Waals surface area contributed by atoms with Crippen LogP contribution in [0.4, 0.5) is 0 Å². The average Bonchev–Trinajstić information content (AvgIpc) is 2.74. The summed E-state index contributed by atoms with van der Waals surface area (Å²) in [7, 11) is 0. The number of aromatic nitrogens is 2. The van der Waals surface area contributed by atoms with Crippen LogP contribution in [0, 0.1) is 0 Å². The maximum atomic E-state index is 11.3. The van der Waals surface area contributed by atoms with E-state index in [1.807, 2.05) is 44.2 Å². The molecule has 1 amide bonds. The molecule has 0 radical (unpaired) electrons. The number of primary amides is 1. The molecule has 0 aliphatic heterocycles. The number of para-hydroxylation sites is 1. The van der Waals surface area contributed by atoms with Gasteiger partial charge in [-0.2, -0.15) is 5.10 Å². The molecule has 4 nitrogen and oxygen atoms in total. The first-order valence-corrected chi connectivity index (χ1v) is 5.54. The Morgan fingerprint density at radius 2 is 1.94 bits per heavy atom. The minimum absolute atomic E-state index is 0.181. The number of rotatable bonds is 3. The van der Waals surface area contributed by atoms with Gasteiger partial charge in [-0.15, -0.1) is 0 Å². The van der Waals surface area contributed by atoms with Crippen LogP contribution in [0.3, 0.4) is 0 Å². The molecule has 1 aromatic heterocycles. The van der Waals surface area contributed by atoms with Crippen molar-refractivity contribution in [3.63, 3.8) is 0 Å². The van der Waals surface area contributed by atoms with Crippen LogP contribution in [0.25, 0.3) is 5.69 Å². The van der Waals surface area contributed by atoms with Gasteiger partial charge in [0.1, 0.15) is 0 Å². The molecule has 2 N–H and O–H groups in total. The summed E-state index contributed by atoms with van der Waals surface area (Å²) < 4.78 is 1.77. The van der Waals surface area contributed by atoms with Crippen LogP contribution in [0.5, 0.6) is 0 Å². The van der Waals surface area contributed by atoms with Crippen molar-refractivity contribution >= 4 is 5.91 Å². The maximum Gasteiger partial charge on any atom is 0.252 e. The predicted octanol–water partition coefficient (Wildman–Crippen LogP) is 2.09. The Morgan fingerprint density at radius 3 is 2.47 bits per heavy atom. The number of hydrogen-bond acceptors (Lipinski definition) is 2. The molecule has 0 saturated heterocycles. The average molecular weight is 229 g/mol. The second-order valence-corrected chi connectivity index (χ2v) is 4.21. The summed E-state index contributed by atoms with van der Waals surface area (Å²) >= 11 is 0. The zero-order valence-electron chi connectivity index (χ0n) is 9.92. The van der Waals surface area contributed by atoms with E-state index in [9.17, 15) is 4.79 Å². The molecule has 0 aliphatic rings. The van der Waals surface area contributed by atoms with Crippen LogP contribution in [-0.2, 0) is 0 Å². The van der Waals surface area contributed by atoms with E-state index >= 15 is 0 Å². The van der Waals surface area contributed by atoms with Crippen molar-refractivity contribution in [2.24, 2.45) is 5.73 Å². The number of amides is 1. The highest BCUT2D eigenvalue weighted by atomic mass is 16.1. The lowest BCUT2D eigenvalue weighted by Crippen LogP contribution is -2.15. The number of carbonyl (C=O) groups is 1. The lowest BCUT2D eigenvalue weighted by molar-refractivity contribution is 0.0999. The molecule has 2 rings (SSSR count). The number of benzene rings is 1. The van der Waals surface area contributed by atoms with E-state index in [0.717, 1.165) is 11.4 Å². The molecular formula is C13H15N3O. The Kier molecular flexibility index (Phi) is 2.95. The van der Waals surface area contributed by atoms with Crippen molar-refractivity contribution in [1.82, 2.24) is 9.78 Å². The maximum absolute atomic E-state index is 11.3. The zero-order chi connectivity index (χ0) is 12.4. The quantitative estimate of drug-likeness (QED) is 0.876. The molecule has 2 aromatic rings. The van der Waals surface area contributed by atoms with Gasteiger partial charge in [0.15, 0.2) is 0 Å². The van der Waals surface area contributed by atoms with E-state index in [4.69, 9.17) is 5.73 Å². The molecule has 1 heterocycles. The summed E-state index contributed by atoms with van der Waals surface area (Å²) in [5, 5.41) is 4.24. The van der Waals surface area contributed by atoms with Gasteiger partial charge in [0, 0.05) is 0 Å². The third kappa shape index (κ3) is 2.06. The third-order valence-electron chi connectivity index (χ3n) is 2.62. The summed E-state index contributed by atoms with van der Waals surface area (Å²) in [6.07, 6.45) is 1.53. The fourth-order valence-electron chi connectivity index (χ4n) is 1.88. The topological polar surface area (TPSA) is 60.9 Å². The van der Waals surface area contributed by atoms with Crippen LogP contribution in [0.1, 0.15) is 35.8 Å². The van der Waals surface area contributed by atoms with Crippen molar-refractivity contribution in [3.05, 3.63) is 47.8 Å². The Hall–Kier alpha value is -2.10. The summed E-state index contributed by atoms with van der Waals surface area (Å²) in [6, 6.07) is 9.71. The predicted molar refractivity (Wildman–Crippen MR) is 66.2 cm³/mol. The molecule has 1 aromatic carbocycles. The van der Waals surface area contributed by atoms with Gasteiger partial charge in [0.05, 0.1) is 23.1 Å². The molecule has 0 unspecified atom stereocenters. The fraction of sp³-hybridized carbons (Fsp3) is 0.231. The number of hydrogen-bond donors (Lipinski definition) is 1. The molecule has 0 atom stereocenters. The van der Waals surface area contributed by atoms with Crippen molar-refractivity contribution < 1.29 is 4.79 Å². The van der Waals surface area contributed by atoms with Gasteiger partial charge >= 0.3 is 0 Å². The number of carbonyl (C=O) groups excluding carboxylic acids is 1. The van der Waals surface area contributed by atoms with E-state index in [2.05, 4.69) is 5.10 Å². The van der Waals surface area contributed by atoms with Crippen LogP contribution in [0.15, 0.2) is 36.5 Å². The molecule has 0 bridgehead atoms. The fourth-order valence-corrected chi connectivity index (χ4v) is 1.88. The molecular weight excluding hydrogens is 214 g/mol. The lowest BCUT2D eigenvalue weighted by Gasteiger charge is -2.11. The standard InChI is InChI=1S/C13H15N3O/c1-9(2)12-11(13(14)17)8-15-16(12)10-6-4-3-5-7-10/h3-9H,1-2H3,(H2,14,17). The van der Waals surface area contributed by atoms with E-state index < -0.39 is 5.91 Å². The van der Waals surface area contributed by atoms with Gasteiger partial charge < -0.3 is 5.73 Å². The first kappa shape index (κ1) is 11.4. The highest BCUT2D eigenvalue weighted by Crippen LogP contribution is 2.22. The lowest BCUT2D eigenvalue weighted by atomic mass is 10.1. The molecule has 0 fully saturated rings. The Bertz CT molecular complexity index is 529. The monoisotopic (exact) mass is 229 g/mol. The smallest absolute Gasteiger partial charge is 0.252 e. The summed E-state index contributed by atoms with van der Waals surface area (Å²) in [5.74, 6) is -0.254. The minimum atomic E-state index is -0.434. The zero-order valence-corrected chi connectivity index (χ0v) is 9.92. The normalized spacial score (nSPS) is 10.8. The Labute approximate surface area is 100 Å². The van der Waals surface area contributed by atoms with Crippen LogP contribution < -0.4 is 5.73 Å². The number of nitrogens with zero attached hydrogens (tertiary/aromatic N) is 2. The van der Waals surface area contributed by atoms with Gasteiger partial charge in [-0.3, -0.25) is 4.79 Å². The van der Waals surface area contributed by atoms with Crippen molar-refractivity contribution in [1.29, 1.82) is 0 Å². The molecule has 17 heavy (non-hydrogen) atoms.